The molecule has 0 aliphatic carbocycles. The van der Waals surface area contributed by atoms with Gasteiger partial charge in [0.25, 0.3) is 0 Å². The number of hydrogen-bond donors (Lipinski definition) is 1. The van der Waals surface area contributed by atoms with E-state index in [-0.39, 0.29) is 0 Å². The number of aromatic nitrogens is 1. The molecule has 0 amide bonds. The average Bonchev–Trinajstić information content (AvgIpc) is 2.48. The number of rotatable bonds is 5. The Morgan fingerprint density at radius 3 is 2.40 bits per heavy atom. The number of ether oxygens (including phenoxy) is 2. The van der Waals surface area contributed by atoms with Gasteiger partial charge in [-0.1, -0.05) is 17.7 Å². The molecule has 0 aliphatic rings. The third kappa shape index (κ3) is 3.03. The second-order valence-electron chi connectivity index (χ2n) is 4.26. The molecule has 1 unspecified atom stereocenters. The Morgan fingerprint density at radius 1 is 1.20 bits per heavy atom. The van der Waals surface area contributed by atoms with Crippen LogP contribution in [0, 0.1) is 0 Å². The van der Waals surface area contributed by atoms with Crippen molar-refractivity contribution >= 4 is 11.6 Å². The first-order valence-corrected chi connectivity index (χ1v) is 6.52. The SMILES string of the molecule is COc1cccc(OC)c1C(O)Cc1ccncc1Cl. The fraction of sp³-hybridized carbons (Fsp3) is 0.267. The highest BCUT2D eigenvalue weighted by molar-refractivity contribution is 6.31. The van der Waals surface area contributed by atoms with Gasteiger partial charge in [0.15, 0.2) is 0 Å². The third-order valence-corrected chi connectivity index (χ3v) is 3.41. The van der Waals surface area contributed by atoms with E-state index < -0.39 is 6.10 Å². The summed E-state index contributed by atoms with van der Waals surface area (Å²) in [6.07, 6.45) is 2.79. The Kier molecular flexibility index (Phi) is 4.82. The van der Waals surface area contributed by atoms with Crippen LogP contribution in [0.3, 0.4) is 0 Å². The Labute approximate surface area is 122 Å². The zero-order valence-electron chi connectivity index (χ0n) is 11.3. The number of methoxy groups -OCH3 is 2. The molecule has 5 heteroatoms. The molecule has 0 radical (unpaired) electrons. The molecule has 1 N–H and O–H groups in total. The molecule has 0 saturated carbocycles. The van der Waals surface area contributed by atoms with Gasteiger partial charge >= 0.3 is 0 Å². The number of nitrogens with zero attached hydrogens (tertiary/aromatic N) is 1. The van der Waals surface area contributed by atoms with Crippen LogP contribution in [-0.2, 0) is 6.42 Å². The van der Waals surface area contributed by atoms with E-state index in [1.165, 1.54) is 0 Å². The molecule has 1 aromatic heterocycles. The maximum absolute atomic E-state index is 10.5. The molecule has 2 rings (SSSR count). The van der Waals surface area contributed by atoms with Crippen LogP contribution in [0.15, 0.2) is 36.7 Å². The number of aliphatic hydroxyl groups excluding tert-OH is 1. The van der Waals surface area contributed by atoms with E-state index in [2.05, 4.69) is 4.98 Å². The second-order valence-corrected chi connectivity index (χ2v) is 4.67. The van der Waals surface area contributed by atoms with Gasteiger partial charge in [-0.2, -0.15) is 0 Å². The Bertz CT molecular complexity index is 567. The van der Waals surface area contributed by atoms with Crippen molar-refractivity contribution in [2.75, 3.05) is 14.2 Å². The lowest BCUT2D eigenvalue weighted by molar-refractivity contribution is 0.169. The van der Waals surface area contributed by atoms with E-state index in [0.717, 1.165) is 5.56 Å². The van der Waals surface area contributed by atoms with Crippen LogP contribution in [0.2, 0.25) is 5.02 Å². The molecule has 4 nitrogen and oxygen atoms in total. The second kappa shape index (κ2) is 6.59. The Morgan fingerprint density at radius 2 is 1.85 bits per heavy atom. The largest absolute Gasteiger partial charge is 0.496 e. The van der Waals surface area contributed by atoms with Crippen molar-refractivity contribution in [3.8, 4) is 11.5 Å². The van der Waals surface area contributed by atoms with Gasteiger partial charge in [0.1, 0.15) is 11.5 Å². The van der Waals surface area contributed by atoms with Crippen LogP contribution in [0.5, 0.6) is 11.5 Å². The highest BCUT2D eigenvalue weighted by atomic mass is 35.5. The molecule has 106 valence electrons. The molecule has 0 aliphatic heterocycles. The number of halogens is 1. The van der Waals surface area contributed by atoms with E-state index in [9.17, 15) is 5.11 Å². The van der Waals surface area contributed by atoms with Crippen molar-refractivity contribution in [3.05, 3.63) is 52.8 Å². The number of benzene rings is 1. The summed E-state index contributed by atoms with van der Waals surface area (Å²) in [5.41, 5.74) is 1.44. The van der Waals surface area contributed by atoms with Crippen molar-refractivity contribution < 1.29 is 14.6 Å². The minimum atomic E-state index is -0.777. The van der Waals surface area contributed by atoms with Gasteiger partial charge in [0, 0.05) is 18.8 Å². The van der Waals surface area contributed by atoms with E-state index in [1.807, 2.05) is 6.07 Å². The van der Waals surface area contributed by atoms with Gasteiger partial charge in [0.05, 0.1) is 30.9 Å². The zero-order chi connectivity index (χ0) is 14.5. The van der Waals surface area contributed by atoms with Crippen LogP contribution in [0.4, 0.5) is 0 Å². The van der Waals surface area contributed by atoms with Crippen LogP contribution < -0.4 is 9.47 Å². The summed E-state index contributed by atoms with van der Waals surface area (Å²) in [6.45, 7) is 0. The molecule has 2 aromatic rings. The molecule has 0 fully saturated rings. The first kappa shape index (κ1) is 14.6. The summed E-state index contributed by atoms with van der Waals surface area (Å²) >= 11 is 6.07. The Hall–Kier alpha value is -1.78. The van der Waals surface area contributed by atoms with Crippen molar-refractivity contribution in [1.82, 2.24) is 4.98 Å². The highest BCUT2D eigenvalue weighted by Gasteiger charge is 2.20. The number of aliphatic hydroxyl groups is 1. The standard InChI is InChI=1S/C15H16ClNO3/c1-19-13-4-3-5-14(20-2)15(13)12(18)8-10-6-7-17-9-11(10)16/h3-7,9,12,18H,8H2,1-2H3. The summed E-state index contributed by atoms with van der Waals surface area (Å²) in [6, 6.07) is 7.17. The minimum Gasteiger partial charge on any atom is -0.496 e. The molecule has 1 atom stereocenters. The van der Waals surface area contributed by atoms with Crippen LogP contribution >= 0.6 is 11.6 Å². The molecule has 0 saturated heterocycles. The summed E-state index contributed by atoms with van der Waals surface area (Å²) in [4.78, 5) is 3.93. The third-order valence-electron chi connectivity index (χ3n) is 3.07. The van der Waals surface area contributed by atoms with Gasteiger partial charge in [0.2, 0.25) is 0 Å². The number of hydrogen-bond acceptors (Lipinski definition) is 4. The normalized spacial score (nSPS) is 12.0. The molecular formula is C15H16ClNO3. The summed E-state index contributed by atoms with van der Waals surface area (Å²) in [7, 11) is 3.12. The smallest absolute Gasteiger partial charge is 0.128 e. The first-order chi connectivity index (χ1) is 9.67. The van der Waals surface area contributed by atoms with E-state index in [0.29, 0.717) is 28.5 Å². The van der Waals surface area contributed by atoms with E-state index in [4.69, 9.17) is 21.1 Å². The summed E-state index contributed by atoms with van der Waals surface area (Å²) < 4.78 is 10.6. The monoisotopic (exact) mass is 293 g/mol. The molecule has 1 aromatic carbocycles. The molecule has 0 spiro atoms. The maximum Gasteiger partial charge on any atom is 0.128 e. The van der Waals surface area contributed by atoms with Crippen LogP contribution in [0.25, 0.3) is 0 Å². The zero-order valence-corrected chi connectivity index (χ0v) is 12.1. The lowest BCUT2D eigenvalue weighted by atomic mass is 10.00. The van der Waals surface area contributed by atoms with Crippen molar-refractivity contribution in [2.24, 2.45) is 0 Å². The Balaban J connectivity index is 2.34. The van der Waals surface area contributed by atoms with Crippen molar-refractivity contribution in [3.63, 3.8) is 0 Å². The maximum atomic E-state index is 10.5. The van der Waals surface area contributed by atoms with E-state index in [1.54, 1.807) is 44.8 Å². The molecule has 20 heavy (non-hydrogen) atoms. The summed E-state index contributed by atoms with van der Waals surface area (Å²) in [5.74, 6) is 1.17. The van der Waals surface area contributed by atoms with Crippen LogP contribution in [-0.4, -0.2) is 24.3 Å². The molecule has 0 bridgehead atoms. The lowest BCUT2D eigenvalue weighted by Gasteiger charge is -2.18. The van der Waals surface area contributed by atoms with Crippen LogP contribution in [0.1, 0.15) is 17.2 Å². The predicted octanol–water partition coefficient (Wildman–Crippen LogP) is 3.03. The number of pyridine rings is 1. The predicted molar refractivity (Wildman–Crippen MR) is 77.5 cm³/mol. The van der Waals surface area contributed by atoms with Gasteiger partial charge in [-0.3, -0.25) is 4.98 Å². The van der Waals surface area contributed by atoms with Gasteiger partial charge in [-0.25, -0.2) is 0 Å². The van der Waals surface area contributed by atoms with Crippen molar-refractivity contribution in [2.45, 2.75) is 12.5 Å². The summed E-state index contributed by atoms with van der Waals surface area (Å²) in [5, 5.41) is 11.0. The van der Waals surface area contributed by atoms with Crippen molar-refractivity contribution in [1.29, 1.82) is 0 Å². The minimum absolute atomic E-state index is 0.359. The van der Waals surface area contributed by atoms with E-state index >= 15 is 0 Å². The molecular weight excluding hydrogens is 278 g/mol. The first-order valence-electron chi connectivity index (χ1n) is 6.14. The highest BCUT2D eigenvalue weighted by Crippen LogP contribution is 2.36. The van der Waals surface area contributed by atoms with Gasteiger partial charge in [-0.15, -0.1) is 0 Å². The van der Waals surface area contributed by atoms with Gasteiger partial charge < -0.3 is 14.6 Å². The fourth-order valence-corrected chi connectivity index (χ4v) is 2.28. The van der Waals surface area contributed by atoms with Gasteiger partial charge in [-0.05, 0) is 23.8 Å². The molecule has 1 heterocycles. The quantitative estimate of drug-likeness (QED) is 0.920. The topological polar surface area (TPSA) is 51.6 Å². The lowest BCUT2D eigenvalue weighted by Crippen LogP contribution is -2.07. The fourth-order valence-electron chi connectivity index (χ4n) is 2.09. The average molecular weight is 294 g/mol.